The van der Waals surface area contributed by atoms with Crippen LogP contribution in [0, 0.1) is 6.92 Å². The molecule has 0 aromatic carbocycles. The molecule has 2 aromatic heterocycles. The molecule has 0 saturated heterocycles. The number of anilines is 1. The number of nitrogens with one attached hydrogen (secondary N) is 1. The number of hydrogen-bond donors (Lipinski definition) is 1. The van der Waals surface area contributed by atoms with Gasteiger partial charge in [0.05, 0.1) is 6.54 Å². The van der Waals surface area contributed by atoms with Crippen molar-refractivity contribution in [2.45, 2.75) is 20.0 Å². The molecular weight excluding hydrogens is 280 g/mol. The van der Waals surface area contributed by atoms with E-state index in [4.69, 9.17) is 0 Å². The van der Waals surface area contributed by atoms with Crippen LogP contribution in [0.1, 0.15) is 18.1 Å². The lowest BCUT2D eigenvalue weighted by Gasteiger charge is -2.18. The maximum atomic E-state index is 12.7. The van der Waals surface area contributed by atoms with Gasteiger partial charge in [-0.25, -0.2) is 14.8 Å². The molecule has 2 rings (SSSR count). The Morgan fingerprint density at radius 3 is 2.90 bits per heavy atom. The van der Waals surface area contributed by atoms with Crippen molar-refractivity contribution in [1.82, 2.24) is 19.4 Å². The molecule has 6 nitrogen and oxygen atoms in total. The molecule has 8 heteroatoms. The molecule has 0 atom stereocenters. The minimum absolute atomic E-state index is 0.0327. The molecule has 0 unspecified atom stereocenters. The average molecular weight is 295 g/mol. The van der Waals surface area contributed by atoms with Crippen molar-refractivity contribution in [3.8, 4) is 0 Å². The van der Waals surface area contributed by atoms with Crippen LogP contribution in [0.15, 0.2) is 30.6 Å². The molecule has 0 bridgehead atoms. The van der Waals surface area contributed by atoms with E-state index in [-0.39, 0.29) is 12.4 Å². The Balaban J connectivity index is 2.01. The molecular formula is C13H15F2N5O. The largest absolute Gasteiger partial charge is 0.323 e. The molecule has 112 valence electrons. The normalized spacial score (nSPS) is 10.7. The van der Waals surface area contributed by atoms with Gasteiger partial charge < -0.3 is 4.90 Å². The Morgan fingerprint density at radius 1 is 1.48 bits per heavy atom. The summed E-state index contributed by atoms with van der Waals surface area (Å²) in [5, 5.41) is 2.59. The maximum absolute atomic E-state index is 12.7. The first-order chi connectivity index (χ1) is 9.97. The number of hydrogen-bond acceptors (Lipinski definition) is 3. The smallest absolute Gasteiger partial charge is 0.320 e. The van der Waals surface area contributed by atoms with Gasteiger partial charge in [0, 0.05) is 25.1 Å². The van der Waals surface area contributed by atoms with E-state index in [1.54, 1.807) is 25.1 Å². The minimum atomic E-state index is -2.68. The zero-order chi connectivity index (χ0) is 15.4. The lowest BCUT2D eigenvalue weighted by Crippen LogP contribution is -2.32. The van der Waals surface area contributed by atoms with E-state index in [0.717, 1.165) is 5.69 Å². The molecule has 0 spiro atoms. The van der Waals surface area contributed by atoms with E-state index < -0.39 is 12.6 Å². The predicted octanol–water partition coefficient (Wildman–Crippen LogP) is 2.65. The van der Waals surface area contributed by atoms with Crippen LogP contribution in [0.4, 0.5) is 19.4 Å². The predicted molar refractivity (Wildman–Crippen MR) is 72.9 cm³/mol. The number of aromatic nitrogens is 3. The molecule has 0 aliphatic rings. The Labute approximate surface area is 120 Å². The highest BCUT2D eigenvalue weighted by molar-refractivity contribution is 5.88. The van der Waals surface area contributed by atoms with Crippen molar-refractivity contribution in [3.05, 3.63) is 42.1 Å². The van der Waals surface area contributed by atoms with Crippen molar-refractivity contribution >= 4 is 11.8 Å². The molecule has 0 saturated carbocycles. The van der Waals surface area contributed by atoms with Crippen molar-refractivity contribution < 1.29 is 13.6 Å². The van der Waals surface area contributed by atoms with E-state index in [9.17, 15) is 13.6 Å². The number of pyridine rings is 1. The number of carbonyl (C=O) groups excluding carboxylic acids is 1. The number of rotatable bonds is 4. The van der Waals surface area contributed by atoms with Crippen LogP contribution in [-0.4, -0.2) is 32.5 Å². The van der Waals surface area contributed by atoms with Gasteiger partial charge in [-0.2, -0.15) is 8.78 Å². The summed E-state index contributed by atoms with van der Waals surface area (Å²) in [6, 6.07) is 4.77. The number of alkyl halides is 2. The van der Waals surface area contributed by atoms with Crippen molar-refractivity contribution in [2.75, 3.05) is 12.4 Å². The highest BCUT2D eigenvalue weighted by atomic mass is 19.3. The van der Waals surface area contributed by atoms with Gasteiger partial charge >= 0.3 is 12.6 Å². The summed E-state index contributed by atoms with van der Waals surface area (Å²) >= 11 is 0. The van der Waals surface area contributed by atoms with Crippen LogP contribution in [0.5, 0.6) is 0 Å². The van der Waals surface area contributed by atoms with Crippen LogP contribution in [0.2, 0.25) is 0 Å². The summed E-state index contributed by atoms with van der Waals surface area (Å²) in [7, 11) is 1.50. The fraction of sp³-hybridized carbons (Fsp3) is 0.308. The van der Waals surface area contributed by atoms with Gasteiger partial charge in [-0.05, 0) is 19.1 Å². The third-order valence-corrected chi connectivity index (χ3v) is 2.81. The third kappa shape index (κ3) is 3.74. The van der Waals surface area contributed by atoms with E-state index in [2.05, 4.69) is 15.3 Å². The number of aryl methyl sites for hydroxylation is 1. The zero-order valence-corrected chi connectivity index (χ0v) is 11.6. The first-order valence-electron chi connectivity index (χ1n) is 6.23. The van der Waals surface area contributed by atoms with Crippen LogP contribution < -0.4 is 5.32 Å². The molecule has 1 N–H and O–H groups in total. The van der Waals surface area contributed by atoms with Crippen LogP contribution in [0.25, 0.3) is 0 Å². The summed E-state index contributed by atoms with van der Waals surface area (Å²) < 4.78 is 26.1. The number of amides is 2. The summed E-state index contributed by atoms with van der Waals surface area (Å²) in [6.45, 7) is -0.911. The molecule has 2 amide bonds. The fourth-order valence-electron chi connectivity index (χ4n) is 1.75. The highest BCUT2D eigenvalue weighted by Crippen LogP contribution is 2.14. The molecule has 2 heterocycles. The minimum Gasteiger partial charge on any atom is -0.320 e. The standard InChI is InChI=1S/C13H15F2N5O/c1-9-4-3-5-10(17-9)18-13(21)19(2)8-11-16-6-7-20(11)12(14)15/h3-7,12H,8H2,1-2H3,(H,17,18,21). The fourth-order valence-corrected chi connectivity index (χ4v) is 1.75. The highest BCUT2D eigenvalue weighted by Gasteiger charge is 2.16. The molecule has 21 heavy (non-hydrogen) atoms. The number of urea groups is 1. The monoisotopic (exact) mass is 295 g/mol. The Kier molecular flexibility index (Phi) is 4.46. The first kappa shape index (κ1) is 14.9. The second kappa shape index (κ2) is 6.29. The van der Waals surface area contributed by atoms with Gasteiger partial charge in [0.2, 0.25) is 0 Å². The maximum Gasteiger partial charge on any atom is 0.323 e. The molecule has 2 aromatic rings. The van der Waals surface area contributed by atoms with Gasteiger partial charge in [0.15, 0.2) is 0 Å². The van der Waals surface area contributed by atoms with Crippen LogP contribution in [0.3, 0.4) is 0 Å². The lowest BCUT2D eigenvalue weighted by molar-refractivity contribution is 0.0652. The Morgan fingerprint density at radius 2 is 2.24 bits per heavy atom. The van der Waals surface area contributed by atoms with E-state index in [1.807, 2.05) is 0 Å². The third-order valence-electron chi connectivity index (χ3n) is 2.81. The van der Waals surface area contributed by atoms with Crippen LogP contribution >= 0.6 is 0 Å². The van der Waals surface area contributed by atoms with E-state index in [1.165, 1.54) is 24.3 Å². The number of nitrogens with zero attached hydrogens (tertiary/aromatic N) is 4. The topological polar surface area (TPSA) is 63.1 Å². The second-order valence-electron chi connectivity index (χ2n) is 4.48. The van der Waals surface area contributed by atoms with Gasteiger partial charge in [-0.1, -0.05) is 6.07 Å². The first-order valence-corrected chi connectivity index (χ1v) is 6.23. The summed E-state index contributed by atoms with van der Waals surface area (Å²) in [4.78, 5) is 21.2. The SMILES string of the molecule is Cc1cccc(NC(=O)N(C)Cc2nccn2C(F)F)n1. The summed E-state index contributed by atoms with van der Waals surface area (Å²) in [6.07, 6.45) is 2.45. The molecule has 0 aliphatic carbocycles. The average Bonchev–Trinajstić information content (AvgIpc) is 2.87. The summed E-state index contributed by atoms with van der Waals surface area (Å²) in [5.74, 6) is 0.518. The second-order valence-corrected chi connectivity index (χ2v) is 4.48. The zero-order valence-electron chi connectivity index (χ0n) is 11.6. The van der Waals surface area contributed by atoms with Gasteiger partial charge in [-0.15, -0.1) is 0 Å². The molecule has 0 fully saturated rings. The number of halogens is 2. The van der Waals surface area contributed by atoms with Gasteiger partial charge in [0.25, 0.3) is 0 Å². The number of imidazole rings is 1. The molecule has 0 radical (unpaired) electrons. The van der Waals surface area contributed by atoms with Crippen molar-refractivity contribution in [2.24, 2.45) is 0 Å². The Hall–Kier alpha value is -2.51. The van der Waals surface area contributed by atoms with E-state index in [0.29, 0.717) is 10.4 Å². The van der Waals surface area contributed by atoms with Crippen molar-refractivity contribution in [1.29, 1.82) is 0 Å². The van der Waals surface area contributed by atoms with Crippen LogP contribution in [-0.2, 0) is 6.54 Å². The van der Waals surface area contributed by atoms with Gasteiger partial charge in [0.1, 0.15) is 11.6 Å². The summed E-state index contributed by atoms with van der Waals surface area (Å²) in [5.41, 5.74) is 0.767. The van der Waals surface area contributed by atoms with Crippen molar-refractivity contribution in [3.63, 3.8) is 0 Å². The molecule has 0 aliphatic heterocycles. The lowest BCUT2D eigenvalue weighted by atomic mass is 10.4. The van der Waals surface area contributed by atoms with E-state index >= 15 is 0 Å². The Bertz CT molecular complexity index is 629. The van der Waals surface area contributed by atoms with Gasteiger partial charge in [-0.3, -0.25) is 9.88 Å². The number of carbonyl (C=O) groups is 1. The quantitative estimate of drug-likeness (QED) is 0.943.